The van der Waals surface area contributed by atoms with E-state index in [4.69, 9.17) is 9.47 Å². The Morgan fingerprint density at radius 2 is 2.12 bits per heavy atom. The van der Waals surface area contributed by atoms with E-state index in [1.54, 1.807) is 20.4 Å². The number of anilines is 1. The SMILES string of the molecule is COCCN(C)CCNc1ccc(OC)cn1. The molecule has 5 heteroatoms. The fraction of sp³-hybridized carbons (Fsp3) is 0.583. The van der Waals surface area contributed by atoms with Crippen LogP contribution < -0.4 is 10.1 Å². The molecule has 0 spiro atoms. The van der Waals surface area contributed by atoms with Crippen molar-refractivity contribution in [2.45, 2.75) is 0 Å². The monoisotopic (exact) mass is 239 g/mol. The van der Waals surface area contributed by atoms with Crippen molar-refractivity contribution in [3.8, 4) is 5.75 Å². The van der Waals surface area contributed by atoms with Crippen LogP contribution in [0.2, 0.25) is 0 Å². The van der Waals surface area contributed by atoms with Crippen LogP contribution in [0.3, 0.4) is 0 Å². The number of hydrogen-bond donors (Lipinski definition) is 1. The first-order chi connectivity index (χ1) is 8.26. The maximum atomic E-state index is 5.04. The van der Waals surface area contributed by atoms with Crippen LogP contribution in [0.15, 0.2) is 18.3 Å². The third-order valence-corrected chi connectivity index (χ3v) is 2.45. The topological polar surface area (TPSA) is 46.6 Å². The molecule has 0 saturated heterocycles. The number of likely N-dealkylation sites (N-methyl/N-ethyl adjacent to an activating group) is 1. The van der Waals surface area contributed by atoms with E-state index >= 15 is 0 Å². The summed E-state index contributed by atoms with van der Waals surface area (Å²) in [5, 5.41) is 3.25. The molecule has 0 unspecified atom stereocenters. The summed E-state index contributed by atoms with van der Waals surface area (Å²) in [6.07, 6.45) is 1.71. The van der Waals surface area contributed by atoms with Crippen molar-refractivity contribution < 1.29 is 9.47 Å². The summed E-state index contributed by atoms with van der Waals surface area (Å²) in [6, 6.07) is 3.80. The lowest BCUT2D eigenvalue weighted by Crippen LogP contribution is -2.28. The largest absolute Gasteiger partial charge is 0.495 e. The molecule has 1 heterocycles. The summed E-state index contributed by atoms with van der Waals surface area (Å²) >= 11 is 0. The average Bonchev–Trinajstić information content (AvgIpc) is 2.37. The van der Waals surface area contributed by atoms with Gasteiger partial charge in [-0.05, 0) is 19.2 Å². The van der Waals surface area contributed by atoms with Crippen LogP contribution in [0.5, 0.6) is 5.75 Å². The molecule has 0 aliphatic carbocycles. The lowest BCUT2D eigenvalue weighted by molar-refractivity contribution is 0.163. The number of rotatable bonds is 8. The summed E-state index contributed by atoms with van der Waals surface area (Å²) in [5.41, 5.74) is 0. The van der Waals surface area contributed by atoms with Crippen molar-refractivity contribution in [2.24, 2.45) is 0 Å². The highest BCUT2D eigenvalue weighted by atomic mass is 16.5. The number of aromatic nitrogens is 1. The highest BCUT2D eigenvalue weighted by Gasteiger charge is 1.98. The van der Waals surface area contributed by atoms with E-state index in [-0.39, 0.29) is 0 Å². The lowest BCUT2D eigenvalue weighted by Gasteiger charge is -2.16. The predicted molar refractivity (Wildman–Crippen MR) is 68.7 cm³/mol. The average molecular weight is 239 g/mol. The number of pyridine rings is 1. The van der Waals surface area contributed by atoms with Crippen molar-refractivity contribution in [3.63, 3.8) is 0 Å². The highest BCUT2D eigenvalue weighted by molar-refractivity contribution is 5.37. The van der Waals surface area contributed by atoms with Crippen LogP contribution in [-0.2, 0) is 4.74 Å². The molecule has 5 nitrogen and oxygen atoms in total. The first-order valence-corrected chi connectivity index (χ1v) is 5.67. The van der Waals surface area contributed by atoms with Gasteiger partial charge in [-0.1, -0.05) is 0 Å². The molecule has 1 aromatic rings. The summed E-state index contributed by atoms with van der Waals surface area (Å²) in [5.74, 6) is 1.64. The summed E-state index contributed by atoms with van der Waals surface area (Å²) < 4.78 is 10.1. The molecule has 1 rings (SSSR count). The van der Waals surface area contributed by atoms with Crippen LogP contribution in [0.4, 0.5) is 5.82 Å². The van der Waals surface area contributed by atoms with E-state index in [0.29, 0.717) is 0 Å². The van der Waals surface area contributed by atoms with Crippen LogP contribution in [0, 0.1) is 0 Å². The van der Waals surface area contributed by atoms with Crippen molar-refractivity contribution >= 4 is 5.82 Å². The van der Waals surface area contributed by atoms with Crippen LogP contribution >= 0.6 is 0 Å². The highest BCUT2D eigenvalue weighted by Crippen LogP contribution is 2.10. The van der Waals surface area contributed by atoms with Gasteiger partial charge in [0.15, 0.2) is 0 Å². The van der Waals surface area contributed by atoms with Crippen LogP contribution in [0.1, 0.15) is 0 Å². The van der Waals surface area contributed by atoms with Gasteiger partial charge in [-0.15, -0.1) is 0 Å². The molecule has 0 bridgehead atoms. The zero-order chi connectivity index (χ0) is 12.5. The standard InChI is InChI=1S/C12H21N3O2/c1-15(8-9-16-2)7-6-13-12-5-4-11(17-3)10-14-12/h4-5,10H,6-9H2,1-3H3,(H,13,14). The molecule has 0 radical (unpaired) electrons. The fourth-order valence-electron chi connectivity index (χ4n) is 1.34. The van der Waals surface area contributed by atoms with Gasteiger partial charge in [0.1, 0.15) is 11.6 Å². The minimum absolute atomic E-state index is 0.761. The molecule has 17 heavy (non-hydrogen) atoms. The normalized spacial score (nSPS) is 10.6. The molecule has 96 valence electrons. The Labute approximate surface area is 103 Å². The van der Waals surface area contributed by atoms with E-state index in [1.807, 2.05) is 12.1 Å². The molecule has 0 aromatic carbocycles. The van der Waals surface area contributed by atoms with Gasteiger partial charge in [0.2, 0.25) is 0 Å². The van der Waals surface area contributed by atoms with E-state index in [0.717, 1.165) is 37.8 Å². The number of ether oxygens (including phenoxy) is 2. The van der Waals surface area contributed by atoms with Crippen LogP contribution in [0.25, 0.3) is 0 Å². The summed E-state index contributed by atoms with van der Waals surface area (Å²) in [4.78, 5) is 6.44. The molecule has 1 N–H and O–H groups in total. The Morgan fingerprint density at radius 3 is 2.71 bits per heavy atom. The second kappa shape index (κ2) is 7.86. The van der Waals surface area contributed by atoms with E-state index in [9.17, 15) is 0 Å². The molecular formula is C12H21N3O2. The Kier molecular flexibility index (Phi) is 6.35. The van der Waals surface area contributed by atoms with Gasteiger partial charge in [-0.25, -0.2) is 4.98 Å². The zero-order valence-electron chi connectivity index (χ0n) is 10.8. The predicted octanol–water partition coefficient (Wildman–Crippen LogP) is 1.08. The molecule has 1 aromatic heterocycles. The minimum atomic E-state index is 0.761. The Hall–Kier alpha value is -1.33. The first kappa shape index (κ1) is 13.7. The number of nitrogens with zero attached hydrogens (tertiary/aromatic N) is 2. The maximum Gasteiger partial charge on any atom is 0.137 e. The third kappa shape index (κ3) is 5.51. The van der Waals surface area contributed by atoms with Gasteiger partial charge in [0.05, 0.1) is 19.9 Å². The smallest absolute Gasteiger partial charge is 0.137 e. The molecule has 0 atom stereocenters. The quantitative estimate of drug-likeness (QED) is 0.735. The second-order valence-corrected chi connectivity index (χ2v) is 3.81. The first-order valence-electron chi connectivity index (χ1n) is 5.67. The molecule has 0 saturated carbocycles. The van der Waals surface area contributed by atoms with Crippen LogP contribution in [-0.4, -0.2) is 57.4 Å². The Balaban J connectivity index is 2.21. The van der Waals surface area contributed by atoms with Gasteiger partial charge >= 0.3 is 0 Å². The molecule has 0 aliphatic rings. The van der Waals surface area contributed by atoms with E-state index in [1.165, 1.54) is 0 Å². The third-order valence-electron chi connectivity index (χ3n) is 2.45. The Morgan fingerprint density at radius 1 is 1.29 bits per heavy atom. The zero-order valence-corrected chi connectivity index (χ0v) is 10.8. The van der Waals surface area contributed by atoms with Gasteiger partial charge in [0, 0.05) is 26.7 Å². The maximum absolute atomic E-state index is 5.04. The van der Waals surface area contributed by atoms with Crippen molar-refractivity contribution in [1.29, 1.82) is 0 Å². The number of hydrogen-bond acceptors (Lipinski definition) is 5. The van der Waals surface area contributed by atoms with Crippen molar-refractivity contribution in [3.05, 3.63) is 18.3 Å². The second-order valence-electron chi connectivity index (χ2n) is 3.81. The summed E-state index contributed by atoms with van der Waals surface area (Å²) in [7, 11) is 5.42. The van der Waals surface area contributed by atoms with E-state index in [2.05, 4.69) is 22.2 Å². The molecular weight excluding hydrogens is 218 g/mol. The molecule has 0 amide bonds. The van der Waals surface area contributed by atoms with Crippen molar-refractivity contribution in [1.82, 2.24) is 9.88 Å². The van der Waals surface area contributed by atoms with Gasteiger partial charge in [0.25, 0.3) is 0 Å². The van der Waals surface area contributed by atoms with Gasteiger partial charge < -0.3 is 19.7 Å². The lowest BCUT2D eigenvalue weighted by atomic mass is 10.4. The van der Waals surface area contributed by atoms with Gasteiger partial charge in [-0.2, -0.15) is 0 Å². The van der Waals surface area contributed by atoms with Crippen molar-refractivity contribution in [2.75, 3.05) is 52.8 Å². The minimum Gasteiger partial charge on any atom is -0.495 e. The van der Waals surface area contributed by atoms with Gasteiger partial charge in [-0.3, -0.25) is 0 Å². The fourth-order valence-corrected chi connectivity index (χ4v) is 1.34. The van der Waals surface area contributed by atoms with E-state index < -0.39 is 0 Å². The number of methoxy groups -OCH3 is 2. The molecule has 0 aliphatic heterocycles. The molecule has 0 fully saturated rings. The Bertz CT molecular complexity index is 303. The number of nitrogens with one attached hydrogen (secondary N) is 1. The summed E-state index contributed by atoms with van der Waals surface area (Å²) in [6.45, 7) is 3.52.